The van der Waals surface area contributed by atoms with Gasteiger partial charge in [0.2, 0.25) is 11.8 Å². The van der Waals surface area contributed by atoms with Crippen molar-refractivity contribution in [3.8, 4) is 5.75 Å². The van der Waals surface area contributed by atoms with E-state index in [-0.39, 0.29) is 41.5 Å². The van der Waals surface area contributed by atoms with Crippen LogP contribution in [0, 0.1) is 17.8 Å². The van der Waals surface area contributed by atoms with E-state index in [0.29, 0.717) is 28.8 Å². The molecule has 0 bridgehead atoms. The van der Waals surface area contributed by atoms with Crippen LogP contribution in [0.5, 0.6) is 5.75 Å². The van der Waals surface area contributed by atoms with Crippen molar-refractivity contribution in [1.82, 2.24) is 0 Å². The number of anilines is 1. The second-order valence-electron chi connectivity index (χ2n) is 10.1. The summed E-state index contributed by atoms with van der Waals surface area (Å²) in [6.45, 7) is 5.38. The number of allylic oxidation sites excluding steroid dienone is 6. The third kappa shape index (κ3) is 3.39. The van der Waals surface area contributed by atoms with Gasteiger partial charge < -0.3 is 5.11 Å². The van der Waals surface area contributed by atoms with Crippen LogP contribution in [0.15, 0.2) is 89.6 Å². The molecule has 6 heteroatoms. The highest BCUT2D eigenvalue weighted by Gasteiger charge is 2.56. The van der Waals surface area contributed by atoms with Crippen LogP contribution in [0.2, 0.25) is 0 Å². The first-order valence-corrected chi connectivity index (χ1v) is 12.4. The highest BCUT2D eigenvalue weighted by Crippen LogP contribution is 2.55. The van der Waals surface area contributed by atoms with Gasteiger partial charge in [0, 0.05) is 22.6 Å². The lowest BCUT2D eigenvalue weighted by Gasteiger charge is -2.42. The monoisotopic (exact) mass is 491 g/mol. The zero-order valence-electron chi connectivity index (χ0n) is 20.3. The van der Waals surface area contributed by atoms with Crippen molar-refractivity contribution in [2.45, 2.75) is 25.7 Å². The number of imide groups is 1. The first kappa shape index (κ1) is 23.1. The highest BCUT2D eigenvalue weighted by molar-refractivity contribution is 6.25. The van der Waals surface area contributed by atoms with Crippen LogP contribution < -0.4 is 4.90 Å². The van der Waals surface area contributed by atoms with E-state index >= 15 is 0 Å². The molecule has 0 aromatic heterocycles. The summed E-state index contributed by atoms with van der Waals surface area (Å²) in [5.41, 5.74) is 4.32. The first-order chi connectivity index (χ1) is 17.8. The summed E-state index contributed by atoms with van der Waals surface area (Å²) in [5.74, 6) is -2.83. The normalized spacial score (nSPS) is 26.9. The van der Waals surface area contributed by atoms with E-state index < -0.39 is 17.8 Å². The van der Waals surface area contributed by atoms with E-state index in [1.807, 2.05) is 18.2 Å². The fraction of sp³-hybridized carbons (Fsp3) is 0.226. The Bertz CT molecular complexity index is 1490. The van der Waals surface area contributed by atoms with Crippen molar-refractivity contribution < 1.29 is 24.3 Å². The standard InChI is InChI=1S/C31H25NO5/c1-3-17-4-8-19(9-5-17)32-30(36)22-13-12-21-23(27(22)31(32)37)15-24-28(25(34)14-16(2)29(24)35)26(21)18-6-10-20(33)11-7-18/h3-12,14,22-23,26-27,33H,1,13,15H2,2H3/t22-,23+,26-,27-/m0/s1. The minimum absolute atomic E-state index is 0.0967. The molecule has 0 saturated carbocycles. The number of hydrogen-bond donors (Lipinski definition) is 1. The first-order valence-electron chi connectivity index (χ1n) is 12.4. The van der Waals surface area contributed by atoms with Crippen LogP contribution >= 0.6 is 0 Å². The Kier molecular flexibility index (Phi) is 5.23. The van der Waals surface area contributed by atoms with Gasteiger partial charge in [0.1, 0.15) is 5.75 Å². The Labute approximate surface area is 214 Å². The fourth-order valence-corrected chi connectivity index (χ4v) is 6.44. The zero-order chi connectivity index (χ0) is 26.0. The van der Waals surface area contributed by atoms with Gasteiger partial charge in [0.25, 0.3) is 0 Å². The predicted molar refractivity (Wildman–Crippen MR) is 138 cm³/mol. The predicted octanol–water partition coefficient (Wildman–Crippen LogP) is 4.67. The van der Waals surface area contributed by atoms with Gasteiger partial charge in [-0.25, -0.2) is 0 Å². The van der Waals surface area contributed by atoms with Crippen molar-refractivity contribution in [2.75, 3.05) is 4.90 Å². The van der Waals surface area contributed by atoms with Gasteiger partial charge >= 0.3 is 0 Å². The number of ketones is 2. The molecule has 0 spiro atoms. The van der Waals surface area contributed by atoms with Crippen LogP contribution in [-0.2, 0) is 19.2 Å². The summed E-state index contributed by atoms with van der Waals surface area (Å²) in [6.07, 6.45) is 5.71. The second kappa shape index (κ2) is 8.37. The Hall–Kier alpha value is -4.32. The molecule has 6 rings (SSSR count). The Morgan fingerprint density at radius 1 is 0.946 bits per heavy atom. The fourth-order valence-electron chi connectivity index (χ4n) is 6.44. The Morgan fingerprint density at radius 2 is 1.65 bits per heavy atom. The number of Topliss-reactive ketones (excluding diaryl/α,β-unsaturated/α-hetero) is 1. The van der Waals surface area contributed by atoms with Gasteiger partial charge in [-0.1, -0.05) is 48.6 Å². The lowest BCUT2D eigenvalue weighted by Crippen LogP contribution is -2.39. The largest absolute Gasteiger partial charge is 0.508 e. The van der Waals surface area contributed by atoms with Gasteiger partial charge in [-0.05, 0) is 67.2 Å². The van der Waals surface area contributed by atoms with E-state index in [9.17, 15) is 24.3 Å². The molecule has 1 aliphatic heterocycles. The lowest BCUT2D eigenvalue weighted by molar-refractivity contribution is -0.123. The van der Waals surface area contributed by atoms with Crippen molar-refractivity contribution >= 4 is 35.1 Å². The summed E-state index contributed by atoms with van der Waals surface area (Å²) >= 11 is 0. The number of phenolic OH excluding ortho intramolecular Hbond substituents is 1. The number of rotatable bonds is 3. The number of benzene rings is 2. The van der Waals surface area contributed by atoms with Crippen molar-refractivity contribution in [2.24, 2.45) is 17.8 Å². The molecule has 0 radical (unpaired) electrons. The number of hydrogen-bond acceptors (Lipinski definition) is 5. The third-order valence-corrected chi connectivity index (χ3v) is 8.18. The van der Waals surface area contributed by atoms with Gasteiger partial charge in [-0.2, -0.15) is 0 Å². The number of amides is 2. The molecule has 2 aromatic carbocycles. The van der Waals surface area contributed by atoms with Crippen LogP contribution in [0.4, 0.5) is 5.69 Å². The summed E-state index contributed by atoms with van der Waals surface area (Å²) < 4.78 is 0. The quantitative estimate of drug-likeness (QED) is 0.383. The van der Waals surface area contributed by atoms with Crippen molar-refractivity contribution in [3.05, 3.63) is 101 Å². The molecule has 4 aliphatic rings. The average Bonchev–Trinajstić information content (AvgIpc) is 3.16. The maximum absolute atomic E-state index is 13.9. The molecule has 1 fully saturated rings. The summed E-state index contributed by atoms with van der Waals surface area (Å²) in [4.78, 5) is 55.2. The van der Waals surface area contributed by atoms with Crippen LogP contribution in [0.25, 0.3) is 6.08 Å². The Balaban J connectivity index is 1.46. The lowest BCUT2D eigenvalue weighted by atomic mass is 9.59. The third-order valence-electron chi connectivity index (χ3n) is 8.18. The molecule has 1 heterocycles. The molecule has 3 aliphatic carbocycles. The van der Waals surface area contributed by atoms with Gasteiger partial charge in [-0.15, -0.1) is 0 Å². The zero-order valence-corrected chi connectivity index (χ0v) is 20.3. The van der Waals surface area contributed by atoms with E-state index in [0.717, 1.165) is 16.7 Å². The van der Waals surface area contributed by atoms with E-state index in [4.69, 9.17) is 0 Å². The van der Waals surface area contributed by atoms with Crippen LogP contribution in [0.1, 0.15) is 36.8 Å². The van der Waals surface area contributed by atoms with Crippen LogP contribution in [0.3, 0.4) is 0 Å². The molecule has 0 unspecified atom stereocenters. The van der Waals surface area contributed by atoms with E-state index in [1.165, 1.54) is 11.0 Å². The summed E-state index contributed by atoms with van der Waals surface area (Å²) in [5, 5.41) is 9.86. The second-order valence-corrected chi connectivity index (χ2v) is 10.1. The minimum Gasteiger partial charge on any atom is -0.508 e. The average molecular weight is 492 g/mol. The molecular formula is C31H25NO5. The molecule has 4 atom stereocenters. The summed E-state index contributed by atoms with van der Waals surface area (Å²) in [6, 6.07) is 13.7. The molecule has 1 N–H and O–H groups in total. The number of phenols is 1. The maximum Gasteiger partial charge on any atom is 0.238 e. The minimum atomic E-state index is -0.616. The van der Waals surface area contributed by atoms with E-state index in [2.05, 4.69) is 6.58 Å². The number of carbonyl (C=O) groups is 4. The van der Waals surface area contributed by atoms with Crippen molar-refractivity contribution in [1.29, 1.82) is 0 Å². The molecule has 1 saturated heterocycles. The number of nitrogens with zero attached hydrogens (tertiary/aromatic N) is 1. The SMILES string of the molecule is C=Cc1ccc(N2C(=O)[C@H]3[C@H](CC=C4[C@H](c5ccc(O)cc5)C5=C(C[C@H]43)C(=O)C(C)=CC5=O)C2=O)cc1. The Morgan fingerprint density at radius 3 is 2.32 bits per heavy atom. The smallest absolute Gasteiger partial charge is 0.238 e. The molecule has 2 aromatic rings. The molecular weight excluding hydrogens is 466 g/mol. The molecule has 6 nitrogen and oxygen atoms in total. The number of fused-ring (bicyclic) bond motifs is 3. The molecule has 184 valence electrons. The summed E-state index contributed by atoms with van der Waals surface area (Å²) in [7, 11) is 0. The molecule has 2 amide bonds. The molecule has 37 heavy (non-hydrogen) atoms. The van der Waals surface area contributed by atoms with Gasteiger partial charge in [-0.3, -0.25) is 24.1 Å². The van der Waals surface area contributed by atoms with Gasteiger partial charge in [0.15, 0.2) is 11.6 Å². The number of carbonyl (C=O) groups excluding carboxylic acids is 4. The van der Waals surface area contributed by atoms with Gasteiger partial charge in [0.05, 0.1) is 17.5 Å². The van der Waals surface area contributed by atoms with Crippen LogP contribution in [-0.4, -0.2) is 28.5 Å². The van der Waals surface area contributed by atoms with Crippen molar-refractivity contribution in [3.63, 3.8) is 0 Å². The topological polar surface area (TPSA) is 91.8 Å². The highest BCUT2D eigenvalue weighted by atomic mass is 16.3. The van der Waals surface area contributed by atoms with E-state index in [1.54, 1.807) is 49.4 Å². The number of aromatic hydroxyl groups is 1. The maximum atomic E-state index is 13.9.